The molecule has 0 radical (unpaired) electrons. The number of aryl methyl sites for hydroxylation is 2. The van der Waals surface area contributed by atoms with Gasteiger partial charge < -0.3 is 5.11 Å². The molecule has 1 unspecified atom stereocenters. The molecule has 1 N–H and O–H groups in total. The average Bonchev–Trinajstić information content (AvgIpc) is 2.32. The molecule has 0 fully saturated rings. The van der Waals surface area contributed by atoms with E-state index in [2.05, 4.69) is 0 Å². The van der Waals surface area contributed by atoms with Crippen LogP contribution in [-0.4, -0.2) is 5.11 Å². The largest absolute Gasteiger partial charge is 0.384 e. The van der Waals surface area contributed by atoms with Gasteiger partial charge in [-0.3, -0.25) is 0 Å². The molecule has 0 heterocycles. The van der Waals surface area contributed by atoms with Crippen LogP contribution in [0, 0.1) is 13.8 Å². The van der Waals surface area contributed by atoms with Crippen molar-refractivity contribution in [3.63, 3.8) is 0 Å². The predicted octanol–water partition coefficient (Wildman–Crippen LogP) is 4.04. The van der Waals surface area contributed by atoms with Gasteiger partial charge in [0.25, 0.3) is 0 Å². The van der Waals surface area contributed by atoms with Crippen LogP contribution >= 0.6 is 11.6 Å². The molecule has 2 aromatic carbocycles. The van der Waals surface area contributed by atoms with E-state index in [-0.39, 0.29) is 0 Å². The van der Waals surface area contributed by atoms with Crippen LogP contribution in [0.2, 0.25) is 5.02 Å². The molecule has 0 aliphatic carbocycles. The Labute approximate surface area is 107 Å². The van der Waals surface area contributed by atoms with Gasteiger partial charge in [0.15, 0.2) is 0 Å². The van der Waals surface area contributed by atoms with Gasteiger partial charge in [-0.2, -0.15) is 0 Å². The second-order valence-corrected chi connectivity index (χ2v) is 4.69. The van der Waals surface area contributed by atoms with Crippen LogP contribution in [0.25, 0.3) is 0 Å². The molecule has 2 aromatic rings. The SMILES string of the molecule is Cc1ccc(C)c(C(O)c2ccccc2Cl)c1. The minimum atomic E-state index is -0.663. The van der Waals surface area contributed by atoms with E-state index in [1.807, 2.05) is 50.2 Å². The zero-order chi connectivity index (χ0) is 12.4. The highest BCUT2D eigenvalue weighted by Crippen LogP contribution is 2.30. The lowest BCUT2D eigenvalue weighted by molar-refractivity contribution is 0.219. The van der Waals surface area contributed by atoms with Crippen LogP contribution in [0.5, 0.6) is 0 Å². The monoisotopic (exact) mass is 246 g/mol. The maximum absolute atomic E-state index is 10.4. The number of hydrogen-bond acceptors (Lipinski definition) is 1. The van der Waals surface area contributed by atoms with E-state index in [0.29, 0.717) is 5.02 Å². The van der Waals surface area contributed by atoms with E-state index in [0.717, 1.165) is 22.3 Å². The number of benzene rings is 2. The van der Waals surface area contributed by atoms with Gasteiger partial charge in [0, 0.05) is 10.6 Å². The molecule has 0 amide bonds. The molecule has 17 heavy (non-hydrogen) atoms. The summed E-state index contributed by atoms with van der Waals surface area (Å²) >= 11 is 6.10. The lowest BCUT2D eigenvalue weighted by Gasteiger charge is -2.16. The van der Waals surface area contributed by atoms with Crippen molar-refractivity contribution >= 4 is 11.6 Å². The minimum Gasteiger partial charge on any atom is -0.384 e. The van der Waals surface area contributed by atoms with Crippen molar-refractivity contribution < 1.29 is 5.11 Å². The highest BCUT2D eigenvalue weighted by Gasteiger charge is 2.15. The molecule has 1 nitrogen and oxygen atoms in total. The van der Waals surface area contributed by atoms with Gasteiger partial charge in [0.1, 0.15) is 6.10 Å². The lowest BCUT2D eigenvalue weighted by atomic mass is 9.96. The van der Waals surface area contributed by atoms with E-state index >= 15 is 0 Å². The maximum atomic E-state index is 10.4. The standard InChI is InChI=1S/C15H15ClO/c1-10-7-8-11(2)13(9-10)15(17)12-5-3-4-6-14(12)16/h3-9,15,17H,1-2H3. The Hall–Kier alpha value is -1.31. The second kappa shape index (κ2) is 4.91. The lowest BCUT2D eigenvalue weighted by Crippen LogP contribution is -2.03. The average molecular weight is 247 g/mol. The van der Waals surface area contributed by atoms with Crippen molar-refractivity contribution in [2.45, 2.75) is 20.0 Å². The van der Waals surface area contributed by atoms with Crippen LogP contribution in [0.4, 0.5) is 0 Å². The van der Waals surface area contributed by atoms with Gasteiger partial charge in [0.2, 0.25) is 0 Å². The zero-order valence-corrected chi connectivity index (χ0v) is 10.7. The first-order valence-corrected chi connectivity index (χ1v) is 5.97. The molecular weight excluding hydrogens is 232 g/mol. The Bertz CT molecular complexity index is 534. The summed E-state index contributed by atoms with van der Waals surface area (Å²) in [6.45, 7) is 4.01. The first-order chi connectivity index (χ1) is 8.09. The summed E-state index contributed by atoms with van der Waals surface area (Å²) in [6.07, 6.45) is -0.663. The topological polar surface area (TPSA) is 20.2 Å². The molecular formula is C15H15ClO. The van der Waals surface area contributed by atoms with Crippen molar-refractivity contribution in [2.24, 2.45) is 0 Å². The van der Waals surface area contributed by atoms with E-state index in [1.54, 1.807) is 6.07 Å². The van der Waals surface area contributed by atoms with Gasteiger partial charge >= 0.3 is 0 Å². The van der Waals surface area contributed by atoms with Crippen molar-refractivity contribution in [1.29, 1.82) is 0 Å². The Morgan fingerprint density at radius 2 is 1.71 bits per heavy atom. The molecule has 2 heteroatoms. The third-order valence-electron chi connectivity index (χ3n) is 2.93. The van der Waals surface area contributed by atoms with Gasteiger partial charge in [-0.15, -0.1) is 0 Å². The van der Waals surface area contributed by atoms with E-state index in [9.17, 15) is 5.11 Å². The van der Waals surface area contributed by atoms with Crippen molar-refractivity contribution in [3.05, 3.63) is 69.7 Å². The second-order valence-electron chi connectivity index (χ2n) is 4.28. The third kappa shape index (κ3) is 2.51. The summed E-state index contributed by atoms with van der Waals surface area (Å²) < 4.78 is 0. The molecule has 88 valence electrons. The summed E-state index contributed by atoms with van der Waals surface area (Å²) in [7, 11) is 0. The summed E-state index contributed by atoms with van der Waals surface area (Å²) in [4.78, 5) is 0. The van der Waals surface area contributed by atoms with E-state index in [1.165, 1.54) is 0 Å². The molecule has 1 atom stereocenters. The van der Waals surface area contributed by atoms with Crippen LogP contribution in [0.3, 0.4) is 0 Å². The fourth-order valence-corrected chi connectivity index (χ4v) is 2.16. The Morgan fingerprint density at radius 1 is 1.00 bits per heavy atom. The van der Waals surface area contributed by atoms with E-state index in [4.69, 9.17) is 11.6 Å². The fraction of sp³-hybridized carbons (Fsp3) is 0.200. The van der Waals surface area contributed by atoms with Crippen molar-refractivity contribution in [3.8, 4) is 0 Å². The Kier molecular flexibility index (Phi) is 3.51. The summed E-state index contributed by atoms with van der Waals surface area (Å²) in [5.74, 6) is 0. The van der Waals surface area contributed by atoms with Crippen molar-refractivity contribution in [1.82, 2.24) is 0 Å². The molecule has 0 bridgehead atoms. The predicted molar refractivity (Wildman–Crippen MR) is 71.4 cm³/mol. The summed E-state index contributed by atoms with van der Waals surface area (Å²) in [5, 5.41) is 11.0. The Morgan fingerprint density at radius 3 is 2.41 bits per heavy atom. The maximum Gasteiger partial charge on any atom is 0.106 e. The molecule has 0 saturated heterocycles. The van der Waals surface area contributed by atoms with Crippen LogP contribution in [0.1, 0.15) is 28.4 Å². The quantitative estimate of drug-likeness (QED) is 0.848. The molecule has 0 saturated carbocycles. The molecule has 0 aromatic heterocycles. The molecule has 0 aliphatic rings. The highest BCUT2D eigenvalue weighted by atomic mass is 35.5. The molecule has 0 spiro atoms. The number of aliphatic hydroxyl groups is 1. The number of aliphatic hydroxyl groups excluding tert-OH is 1. The smallest absolute Gasteiger partial charge is 0.106 e. The number of hydrogen-bond donors (Lipinski definition) is 1. The minimum absolute atomic E-state index is 0.598. The van der Waals surface area contributed by atoms with Crippen molar-refractivity contribution in [2.75, 3.05) is 0 Å². The van der Waals surface area contributed by atoms with E-state index < -0.39 is 6.10 Å². The third-order valence-corrected chi connectivity index (χ3v) is 3.27. The zero-order valence-electron chi connectivity index (χ0n) is 9.94. The highest BCUT2D eigenvalue weighted by molar-refractivity contribution is 6.31. The van der Waals surface area contributed by atoms with Gasteiger partial charge in [0.05, 0.1) is 0 Å². The summed E-state index contributed by atoms with van der Waals surface area (Å²) in [6, 6.07) is 13.5. The number of halogens is 1. The van der Waals surface area contributed by atoms with Crippen LogP contribution in [0.15, 0.2) is 42.5 Å². The van der Waals surface area contributed by atoms with Gasteiger partial charge in [-0.25, -0.2) is 0 Å². The van der Waals surface area contributed by atoms with Gasteiger partial charge in [-0.05, 0) is 31.0 Å². The van der Waals surface area contributed by atoms with Crippen LogP contribution in [-0.2, 0) is 0 Å². The van der Waals surface area contributed by atoms with Gasteiger partial charge in [-0.1, -0.05) is 53.6 Å². The molecule has 0 aliphatic heterocycles. The Balaban J connectivity index is 2.47. The first-order valence-electron chi connectivity index (χ1n) is 5.59. The normalized spacial score (nSPS) is 12.5. The fourth-order valence-electron chi connectivity index (χ4n) is 1.92. The summed E-state index contributed by atoms with van der Waals surface area (Å²) in [5.41, 5.74) is 3.88. The first kappa shape index (κ1) is 12.2. The number of rotatable bonds is 2. The van der Waals surface area contributed by atoms with Crippen LogP contribution < -0.4 is 0 Å². The molecule has 2 rings (SSSR count).